The van der Waals surface area contributed by atoms with E-state index < -0.39 is 5.97 Å². The Bertz CT molecular complexity index is 1400. The average Bonchev–Trinajstić information content (AvgIpc) is 3.27. The number of hydrogen-bond acceptors (Lipinski definition) is 6. The molecule has 3 N–H and O–H groups in total. The van der Waals surface area contributed by atoms with E-state index in [0.29, 0.717) is 42.3 Å². The summed E-state index contributed by atoms with van der Waals surface area (Å²) in [6.45, 7) is 3.10. The van der Waals surface area contributed by atoms with Crippen molar-refractivity contribution < 1.29 is 24.2 Å². The number of anilines is 3. The maximum absolute atomic E-state index is 13.1. The molecule has 2 heterocycles. The van der Waals surface area contributed by atoms with Crippen LogP contribution in [0.5, 0.6) is 0 Å². The minimum Gasteiger partial charge on any atom is -0.478 e. The summed E-state index contributed by atoms with van der Waals surface area (Å²) >= 11 is 0. The molecule has 0 spiro atoms. The van der Waals surface area contributed by atoms with Gasteiger partial charge in [0.05, 0.1) is 42.3 Å². The first-order valence-electron chi connectivity index (χ1n) is 12.3. The lowest BCUT2D eigenvalue weighted by Crippen LogP contribution is -2.43. The molecule has 3 aromatic rings. The number of aromatic carboxylic acids is 1. The van der Waals surface area contributed by atoms with Gasteiger partial charge in [-0.3, -0.25) is 14.5 Å². The first-order chi connectivity index (χ1) is 18.4. The van der Waals surface area contributed by atoms with Crippen molar-refractivity contribution in [3.05, 3.63) is 89.5 Å². The van der Waals surface area contributed by atoms with Crippen LogP contribution in [0.3, 0.4) is 0 Å². The molecule has 3 aromatic carbocycles. The molecule has 9 heteroatoms. The molecule has 2 amide bonds. The SMILES string of the molecule is CN(C(=O)CN1CCOCC1)c1ccc(N/C(=C2\C(=O)Nc3cc(C(=O)O)ccc32)c2ccccc2)cc1. The van der Waals surface area contributed by atoms with Gasteiger partial charge in [0.15, 0.2) is 0 Å². The summed E-state index contributed by atoms with van der Waals surface area (Å²) in [4.78, 5) is 41.0. The summed E-state index contributed by atoms with van der Waals surface area (Å²) < 4.78 is 5.35. The van der Waals surface area contributed by atoms with E-state index in [2.05, 4.69) is 15.5 Å². The van der Waals surface area contributed by atoms with Gasteiger partial charge in [-0.25, -0.2) is 4.79 Å². The number of amides is 2. The molecule has 0 bridgehead atoms. The maximum atomic E-state index is 13.1. The fourth-order valence-electron chi connectivity index (χ4n) is 4.55. The molecule has 0 aromatic heterocycles. The van der Waals surface area contributed by atoms with Gasteiger partial charge in [0.1, 0.15) is 0 Å². The fourth-order valence-corrected chi connectivity index (χ4v) is 4.55. The number of morpholine rings is 1. The molecule has 9 nitrogen and oxygen atoms in total. The molecule has 0 radical (unpaired) electrons. The van der Waals surface area contributed by atoms with Crippen LogP contribution in [0, 0.1) is 0 Å². The third kappa shape index (κ3) is 5.29. The average molecular weight is 513 g/mol. The normalized spacial score (nSPS) is 16.4. The molecule has 0 saturated carbocycles. The van der Waals surface area contributed by atoms with Gasteiger partial charge in [-0.05, 0) is 42.0 Å². The molecule has 0 unspecified atom stereocenters. The van der Waals surface area contributed by atoms with E-state index in [1.54, 1.807) is 18.0 Å². The lowest BCUT2D eigenvalue weighted by atomic mass is 9.99. The summed E-state index contributed by atoms with van der Waals surface area (Å²) in [6.07, 6.45) is 0. The largest absolute Gasteiger partial charge is 0.478 e. The maximum Gasteiger partial charge on any atom is 0.335 e. The van der Waals surface area contributed by atoms with Gasteiger partial charge >= 0.3 is 5.97 Å². The minimum atomic E-state index is -1.06. The zero-order valence-electron chi connectivity index (χ0n) is 20.9. The zero-order chi connectivity index (χ0) is 26.6. The Balaban J connectivity index is 1.42. The molecule has 5 rings (SSSR count). The van der Waals surface area contributed by atoms with Crippen molar-refractivity contribution in [3.8, 4) is 0 Å². The van der Waals surface area contributed by atoms with Crippen molar-refractivity contribution in [1.82, 2.24) is 4.90 Å². The smallest absolute Gasteiger partial charge is 0.335 e. The predicted octanol–water partition coefficient (Wildman–Crippen LogP) is 3.61. The standard InChI is InChI=1S/C29H28N4O5/c1-32(25(34)18-33-13-15-38-16-14-33)22-10-8-21(9-11-22)30-27(19-5-3-2-4-6-19)26-23-12-7-20(29(36)37)17-24(23)31-28(26)35/h2-12,17,30H,13-16,18H2,1H3,(H,31,35)(H,36,37)/b27-26-. The lowest BCUT2D eigenvalue weighted by Gasteiger charge is -2.28. The van der Waals surface area contributed by atoms with E-state index in [1.165, 1.54) is 12.1 Å². The van der Waals surface area contributed by atoms with Gasteiger partial charge in [-0.15, -0.1) is 0 Å². The van der Waals surface area contributed by atoms with Crippen molar-refractivity contribution in [3.63, 3.8) is 0 Å². The molecule has 0 atom stereocenters. The van der Waals surface area contributed by atoms with Gasteiger partial charge in [-0.1, -0.05) is 36.4 Å². The van der Waals surface area contributed by atoms with Crippen molar-refractivity contribution >= 4 is 46.1 Å². The molecule has 0 aliphatic carbocycles. The molecule has 2 aliphatic rings. The minimum absolute atomic E-state index is 0.000310. The van der Waals surface area contributed by atoms with Gasteiger partial charge in [-0.2, -0.15) is 0 Å². The molecule has 1 saturated heterocycles. The van der Waals surface area contributed by atoms with Gasteiger partial charge in [0, 0.05) is 37.1 Å². The van der Waals surface area contributed by atoms with E-state index >= 15 is 0 Å². The summed E-state index contributed by atoms with van der Waals surface area (Å²) in [6, 6.07) is 21.5. The first kappa shape index (κ1) is 25.2. The number of nitrogens with zero attached hydrogens (tertiary/aromatic N) is 2. The van der Waals surface area contributed by atoms with E-state index in [1.807, 2.05) is 54.6 Å². The highest BCUT2D eigenvalue weighted by Gasteiger charge is 2.29. The highest BCUT2D eigenvalue weighted by atomic mass is 16.5. The molecule has 2 aliphatic heterocycles. The van der Waals surface area contributed by atoms with Crippen LogP contribution in [0.1, 0.15) is 21.5 Å². The van der Waals surface area contributed by atoms with Crippen molar-refractivity contribution in [2.75, 3.05) is 55.4 Å². The van der Waals surface area contributed by atoms with Crippen molar-refractivity contribution in [2.24, 2.45) is 0 Å². The number of nitrogens with one attached hydrogen (secondary N) is 2. The van der Waals surface area contributed by atoms with Crippen LogP contribution in [0.25, 0.3) is 11.3 Å². The topological polar surface area (TPSA) is 111 Å². The Morgan fingerprint density at radius 3 is 2.39 bits per heavy atom. The summed E-state index contributed by atoms with van der Waals surface area (Å²) in [5, 5.41) is 15.5. The van der Waals surface area contributed by atoms with Gasteiger partial charge in [0.2, 0.25) is 5.91 Å². The number of hydrogen-bond donors (Lipinski definition) is 3. The second-order valence-electron chi connectivity index (χ2n) is 9.15. The lowest BCUT2D eigenvalue weighted by molar-refractivity contribution is -0.120. The Labute approximate surface area is 220 Å². The van der Waals surface area contributed by atoms with Crippen LogP contribution in [0.15, 0.2) is 72.8 Å². The molecular weight excluding hydrogens is 484 g/mol. The van der Waals surface area contributed by atoms with E-state index in [9.17, 15) is 19.5 Å². The third-order valence-electron chi connectivity index (χ3n) is 6.68. The van der Waals surface area contributed by atoms with Crippen molar-refractivity contribution in [1.29, 1.82) is 0 Å². The van der Waals surface area contributed by atoms with Crippen LogP contribution in [0.2, 0.25) is 0 Å². The number of carbonyl (C=O) groups is 3. The van der Waals surface area contributed by atoms with Gasteiger partial charge < -0.3 is 25.4 Å². The third-order valence-corrected chi connectivity index (χ3v) is 6.68. The molecular formula is C29H28N4O5. The zero-order valence-corrected chi connectivity index (χ0v) is 20.9. The number of rotatable bonds is 7. The second kappa shape index (κ2) is 10.9. The number of likely N-dealkylation sites (N-methyl/N-ethyl adjacent to an activating group) is 1. The van der Waals surface area contributed by atoms with Gasteiger partial charge in [0.25, 0.3) is 5.91 Å². The summed E-state index contributed by atoms with van der Waals surface area (Å²) in [5.74, 6) is -1.38. The summed E-state index contributed by atoms with van der Waals surface area (Å²) in [5.41, 5.74) is 4.48. The highest BCUT2D eigenvalue weighted by molar-refractivity contribution is 6.37. The number of benzene rings is 3. The first-order valence-corrected chi connectivity index (χ1v) is 12.3. The van der Waals surface area contributed by atoms with Crippen LogP contribution in [-0.4, -0.2) is 67.7 Å². The van der Waals surface area contributed by atoms with E-state index in [0.717, 1.165) is 30.0 Å². The van der Waals surface area contributed by atoms with Crippen LogP contribution in [0.4, 0.5) is 17.1 Å². The van der Waals surface area contributed by atoms with Crippen LogP contribution < -0.4 is 15.5 Å². The monoisotopic (exact) mass is 512 g/mol. The summed E-state index contributed by atoms with van der Waals surface area (Å²) in [7, 11) is 1.76. The van der Waals surface area contributed by atoms with E-state index in [4.69, 9.17) is 4.74 Å². The van der Waals surface area contributed by atoms with Crippen LogP contribution >= 0.6 is 0 Å². The predicted molar refractivity (Wildman–Crippen MR) is 146 cm³/mol. The van der Waals surface area contributed by atoms with E-state index in [-0.39, 0.29) is 17.4 Å². The molecule has 1 fully saturated rings. The number of ether oxygens (including phenoxy) is 1. The Kier molecular flexibility index (Phi) is 7.21. The molecule has 194 valence electrons. The Morgan fingerprint density at radius 1 is 1.00 bits per heavy atom. The Hall–Kier alpha value is -4.47. The van der Waals surface area contributed by atoms with Crippen LogP contribution in [-0.2, 0) is 14.3 Å². The fraction of sp³-hybridized carbons (Fsp3) is 0.207. The number of carboxylic acids is 1. The number of carboxylic acid groups (broad SMARTS) is 1. The number of carbonyl (C=O) groups excluding carboxylic acids is 2. The van der Waals surface area contributed by atoms with Crippen molar-refractivity contribution in [2.45, 2.75) is 0 Å². The second-order valence-corrected chi connectivity index (χ2v) is 9.15. The quantitative estimate of drug-likeness (QED) is 0.415. The number of fused-ring (bicyclic) bond motifs is 1. The Morgan fingerprint density at radius 2 is 1.71 bits per heavy atom. The molecule has 38 heavy (non-hydrogen) atoms. The highest BCUT2D eigenvalue weighted by Crippen LogP contribution is 2.38.